The Bertz CT molecular complexity index is 315. The average Bonchev–Trinajstić information content (AvgIpc) is 2.67. The minimum Gasteiger partial charge on any atom is -0.369 e. The van der Waals surface area contributed by atoms with Crippen molar-refractivity contribution in [2.45, 2.75) is 6.42 Å². The zero-order valence-corrected chi connectivity index (χ0v) is 7.35. The van der Waals surface area contributed by atoms with Gasteiger partial charge in [-0.2, -0.15) is 5.26 Å². The summed E-state index contributed by atoms with van der Waals surface area (Å²) in [6.45, 7) is 1.83. The van der Waals surface area contributed by atoms with Gasteiger partial charge in [-0.1, -0.05) is 0 Å². The molecule has 1 fully saturated rings. The van der Waals surface area contributed by atoms with Crippen LogP contribution in [0.1, 0.15) is 6.42 Å². The third-order valence-corrected chi connectivity index (χ3v) is 2.38. The molecule has 0 aliphatic carbocycles. The monoisotopic (exact) mass is 173 g/mol. The zero-order chi connectivity index (χ0) is 9.10. The van der Waals surface area contributed by atoms with Crippen LogP contribution in [-0.2, 0) is 0 Å². The Morgan fingerprint density at radius 3 is 3.15 bits per heavy atom. The van der Waals surface area contributed by atoms with Crippen LogP contribution >= 0.6 is 0 Å². The Labute approximate surface area is 77.6 Å². The van der Waals surface area contributed by atoms with Crippen molar-refractivity contribution in [2.24, 2.45) is 5.92 Å². The molecule has 1 saturated heterocycles. The van der Waals surface area contributed by atoms with Gasteiger partial charge in [-0.3, -0.25) is 4.98 Å². The van der Waals surface area contributed by atoms with Crippen molar-refractivity contribution in [1.29, 1.82) is 5.26 Å². The Morgan fingerprint density at radius 2 is 2.54 bits per heavy atom. The minimum atomic E-state index is 0.195. The fraction of sp³-hybridized carbons (Fsp3) is 0.400. The smallest absolute Gasteiger partial charge is 0.0675 e. The van der Waals surface area contributed by atoms with Crippen LogP contribution in [0.15, 0.2) is 24.5 Å². The lowest BCUT2D eigenvalue weighted by Crippen LogP contribution is -2.19. The van der Waals surface area contributed by atoms with Crippen molar-refractivity contribution in [3.05, 3.63) is 24.5 Å². The molecule has 0 radical (unpaired) electrons. The first-order valence-electron chi connectivity index (χ1n) is 4.45. The van der Waals surface area contributed by atoms with Gasteiger partial charge in [0.15, 0.2) is 0 Å². The van der Waals surface area contributed by atoms with Crippen molar-refractivity contribution in [2.75, 3.05) is 18.0 Å². The fourth-order valence-electron chi connectivity index (χ4n) is 1.64. The maximum Gasteiger partial charge on any atom is 0.0675 e. The summed E-state index contributed by atoms with van der Waals surface area (Å²) >= 11 is 0. The molecule has 2 heterocycles. The molecule has 2 rings (SSSR count). The topological polar surface area (TPSA) is 39.9 Å². The third-order valence-electron chi connectivity index (χ3n) is 2.38. The summed E-state index contributed by atoms with van der Waals surface area (Å²) in [6.07, 6.45) is 4.59. The number of hydrogen-bond acceptors (Lipinski definition) is 3. The highest BCUT2D eigenvalue weighted by molar-refractivity contribution is 5.45. The largest absolute Gasteiger partial charge is 0.369 e. The predicted octanol–water partition coefficient (Wildman–Crippen LogP) is 1.43. The lowest BCUT2D eigenvalue weighted by atomic mass is 10.1. The SMILES string of the molecule is N#CC1CCN(c2cccnc2)C1. The van der Waals surface area contributed by atoms with Crippen LogP contribution in [0.4, 0.5) is 5.69 Å². The van der Waals surface area contributed by atoms with E-state index in [4.69, 9.17) is 5.26 Å². The summed E-state index contributed by atoms with van der Waals surface area (Å²) in [5.41, 5.74) is 1.13. The molecule has 1 aromatic rings. The van der Waals surface area contributed by atoms with E-state index in [1.807, 2.05) is 18.3 Å². The van der Waals surface area contributed by atoms with E-state index in [0.717, 1.165) is 25.2 Å². The molecule has 0 spiro atoms. The van der Waals surface area contributed by atoms with E-state index < -0.39 is 0 Å². The van der Waals surface area contributed by atoms with Gasteiger partial charge >= 0.3 is 0 Å². The van der Waals surface area contributed by atoms with Gasteiger partial charge in [-0.25, -0.2) is 0 Å². The van der Waals surface area contributed by atoms with Crippen LogP contribution < -0.4 is 4.90 Å². The minimum absolute atomic E-state index is 0.195. The molecular weight excluding hydrogens is 162 g/mol. The van der Waals surface area contributed by atoms with Crippen molar-refractivity contribution in [1.82, 2.24) is 4.98 Å². The Kier molecular flexibility index (Phi) is 2.13. The van der Waals surface area contributed by atoms with Gasteiger partial charge in [0, 0.05) is 19.3 Å². The standard InChI is InChI=1S/C10H11N3/c11-6-9-3-5-13(8-9)10-2-1-4-12-7-10/h1-2,4,7,9H,3,5,8H2. The number of nitrogens with zero attached hydrogens (tertiary/aromatic N) is 3. The molecule has 3 heteroatoms. The van der Waals surface area contributed by atoms with Crippen LogP contribution in [0.5, 0.6) is 0 Å². The second kappa shape index (κ2) is 3.44. The van der Waals surface area contributed by atoms with Crippen LogP contribution in [0, 0.1) is 17.2 Å². The molecule has 66 valence electrons. The third kappa shape index (κ3) is 1.62. The van der Waals surface area contributed by atoms with Gasteiger partial charge in [0.1, 0.15) is 0 Å². The molecule has 1 aromatic heterocycles. The van der Waals surface area contributed by atoms with Gasteiger partial charge in [0.05, 0.1) is 23.9 Å². The molecule has 1 atom stereocenters. The van der Waals surface area contributed by atoms with E-state index in [-0.39, 0.29) is 5.92 Å². The summed E-state index contributed by atoms with van der Waals surface area (Å²) in [6, 6.07) is 6.26. The van der Waals surface area contributed by atoms with E-state index in [9.17, 15) is 0 Å². The summed E-state index contributed by atoms with van der Waals surface area (Å²) in [7, 11) is 0. The molecule has 1 unspecified atom stereocenters. The normalized spacial score (nSPS) is 21.5. The molecule has 0 saturated carbocycles. The van der Waals surface area contributed by atoms with E-state index in [2.05, 4.69) is 16.0 Å². The number of anilines is 1. The molecule has 0 aromatic carbocycles. The summed E-state index contributed by atoms with van der Waals surface area (Å²) in [5.74, 6) is 0.195. The second-order valence-corrected chi connectivity index (χ2v) is 3.27. The van der Waals surface area contributed by atoms with Gasteiger partial charge in [-0.05, 0) is 18.6 Å². The molecule has 0 bridgehead atoms. The second-order valence-electron chi connectivity index (χ2n) is 3.27. The Hall–Kier alpha value is -1.56. The number of aromatic nitrogens is 1. The molecular formula is C10H11N3. The maximum absolute atomic E-state index is 8.74. The highest BCUT2D eigenvalue weighted by Crippen LogP contribution is 2.21. The predicted molar refractivity (Wildman–Crippen MR) is 50.2 cm³/mol. The first kappa shape index (κ1) is 8.06. The maximum atomic E-state index is 8.74. The summed E-state index contributed by atoms with van der Waals surface area (Å²) < 4.78 is 0. The Morgan fingerprint density at radius 1 is 1.62 bits per heavy atom. The number of nitriles is 1. The van der Waals surface area contributed by atoms with Crippen LogP contribution in [0.3, 0.4) is 0 Å². The summed E-state index contributed by atoms with van der Waals surface area (Å²) in [5, 5.41) is 8.74. The van der Waals surface area contributed by atoms with Gasteiger partial charge in [0.25, 0.3) is 0 Å². The zero-order valence-electron chi connectivity index (χ0n) is 7.35. The van der Waals surface area contributed by atoms with Crippen molar-refractivity contribution >= 4 is 5.69 Å². The van der Waals surface area contributed by atoms with Gasteiger partial charge in [-0.15, -0.1) is 0 Å². The van der Waals surface area contributed by atoms with Crippen molar-refractivity contribution in [3.8, 4) is 6.07 Å². The van der Waals surface area contributed by atoms with Gasteiger partial charge in [0.2, 0.25) is 0 Å². The van der Waals surface area contributed by atoms with E-state index in [0.29, 0.717) is 0 Å². The van der Waals surface area contributed by atoms with Crippen LogP contribution in [0.25, 0.3) is 0 Å². The molecule has 1 aliphatic heterocycles. The molecule has 3 nitrogen and oxygen atoms in total. The van der Waals surface area contributed by atoms with E-state index in [1.54, 1.807) is 6.20 Å². The highest BCUT2D eigenvalue weighted by Gasteiger charge is 2.21. The first-order valence-corrected chi connectivity index (χ1v) is 4.45. The van der Waals surface area contributed by atoms with Crippen LogP contribution in [0.2, 0.25) is 0 Å². The Balaban J connectivity index is 2.09. The average molecular weight is 173 g/mol. The van der Waals surface area contributed by atoms with E-state index >= 15 is 0 Å². The lowest BCUT2D eigenvalue weighted by Gasteiger charge is -2.16. The molecule has 0 amide bonds. The fourth-order valence-corrected chi connectivity index (χ4v) is 1.64. The van der Waals surface area contributed by atoms with Crippen molar-refractivity contribution < 1.29 is 0 Å². The number of hydrogen-bond donors (Lipinski definition) is 0. The van der Waals surface area contributed by atoms with Gasteiger partial charge < -0.3 is 4.90 Å². The van der Waals surface area contributed by atoms with Crippen molar-refractivity contribution in [3.63, 3.8) is 0 Å². The molecule has 1 aliphatic rings. The van der Waals surface area contributed by atoms with E-state index in [1.165, 1.54) is 0 Å². The molecule has 0 N–H and O–H groups in total. The first-order chi connectivity index (χ1) is 6.40. The highest BCUT2D eigenvalue weighted by atomic mass is 15.2. The number of rotatable bonds is 1. The number of pyridine rings is 1. The quantitative estimate of drug-likeness (QED) is 0.645. The molecule has 13 heavy (non-hydrogen) atoms. The summed E-state index contributed by atoms with van der Waals surface area (Å²) in [4.78, 5) is 6.26. The lowest BCUT2D eigenvalue weighted by molar-refractivity contribution is 0.755. The van der Waals surface area contributed by atoms with Crippen LogP contribution in [-0.4, -0.2) is 18.1 Å².